The lowest BCUT2D eigenvalue weighted by atomic mass is 10.1. The monoisotopic (exact) mass is 331 g/mol. The number of nitrogens with one attached hydrogen (secondary N) is 1. The van der Waals surface area contributed by atoms with Crippen molar-refractivity contribution < 1.29 is 19.2 Å². The van der Waals surface area contributed by atoms with Gasteiger partial charge in [0.15, 0.2) is 5.13 Å². The number of carbonyl (C=O) groups is 2. The summed E-state index contributed by atoms with van der Waals surface area (Å²) in [5.41, 5.74) is 1.64. The third-order valence-electron chi connectivity index (χ3n) is 3.19. The molecular formula is C15H13N3O4S. The van der Waals surface area contributed by atoms with Gasteiger partial charge in [-0.15, -0.1) is 0 Å². The zero-order valence-corrected chi connectivity index (χ0v) is 13.0. The van der Waals surface area contributed by atoms with E-state index < -0.39 is 12.1 Å². The summed E-state index contributed by atoms with van der Waals surface area (Å²) in [5, 5.41) is 6.89. The van der Waals surface area contributed by atoms with E-state index in [4.69, 9.17) is 4.84 Å². The summed E-state index contributed by atoms with van der Waals surface area (Å²) in [6.45, 7) is 0. The van der Waals surface area contributed by atoms with E-state index >= 15 is 0 Å². The van der Waals surface area contributed by atoms with E-state index in [1.807, 2.05) is 30.3 Å². The van der Waals surface area contributed by atoms with E-state index in [0.717, 1.165) is 22.6 Å². The average molecular weight is 331 g/mol. The number of hydrogen-bond acceptors (Lipinski definition) is 7. The Kier molecular flexibility index (Phi) is 4.33. The molecule has 23 heavy (non-hydrogen) atoms. The summed E-state index contributed by atoms with van der Waals surface area (Å²) in [6.07, 6.45) is 1.02. The highest BCUT2D eigenvalue weighted by Crippen LogP contribution is 2.21. The van der Waals surface area contributed by atoms with E-state index in [1.54, 1.807) is 0 Å². The lowest BCUT2D eigenvalue weighted by Crippen LogP contribution is -2.27. The molecule has 118 valence electrons. The third kappa shape index (κ3) is 3.37. The predicted molar refractivity (Wildman–Crippen MR) is 84.6 cm³/mol. The van der Waals surface area contributed by atoms with E-state index in [2.05, 4.69) is 20.2 Å². The number of nitrogens with zero attached hydrogens (tertiary/aromatic N) is 2. The van der Waals surface area contributed by atoms with E-state index in [-0.39, 0.29) is 5.91 Å². The van der Waals surface area contributed by atoms with Crippen LogP contribution in [0.15, 0.2) is 41.7 Å². The molecule has 0 saturated heterocycles. The van der Waals surface area contributed by atoms with E-state index in [1.165, 1.54) is 13.3 Å². The molecule has 1 atom stereocenters. The number of benzene rings is 1. The second-order valence-electron chi connectivity index (χ2n) is 4.71. The van der Waals surface area contributed by atoms with Crippen molar-refractivity contribution in [3.8, 4) is 0 Å². The van der Waals surface area contributed by atoms with Crippen molar-refractivity contribution in [3.05, 3.63) is 47.0 Å². The molecule has 2 heterocycles. The minimum atomic E-state index is -0.712. The van der Waals surface area contributed by atoms with Gasteiger partial charge >= 0.3 is 5.97 Å². The van der Waals surface area contributed by atoms with Gasteiger partial charge in [0.2, 0.25) is 6.10 Å². The first-order chi connectivity index (χ1) is 11.2. The topological polar surface area (TPSA) is 89.9 Å². The first-order valence-electron chi connectivity index (χ1n) is 6.80. The van der Waals surface area contributed by atoms with Crippen LogP contribution in [0, 0.1) is 0 Å². The number of amides is 1. The third-order valence-corrected chi connectivity index (χ3v) is 4.08. The Morgan fingerprint density at radius 3 is 2.87 bits per heavy atom. The quantitative estimate of drug-likeness (QED) is 0.866. The summed E-state index contributed by atoms with van der Waals surface area (Å²) in [4.78, 5) is 33.0. The summed E-state index contributed by atoms with van der Waals surface area (Å²) >= 11 is 1.04. The molecule has 1 amide bonds. The first kappa shape index (κ1) is 15.2. The van der Waals surface area contributed by atoms with Gasteiger partial charge in [-0.25, -0.2) is 9.78 Å². The van der Waals surface area contributed by atoms with Crippen molar-refractivity contribution in [2.75, 3.05) is 12.4 Å². The van der Waals surface area contributed by atoms with Gasteiger partial charge in [0.25, 0.3) is 5.91 Å². The highest BCUT2D eigenvalue weighted by Gasteiger charge is 2.29. The standard InChI is InChI=1S/C15H13N3O4S/c1-21-14(20)12-8-16-15(23-12)17-13(19)11-7-10(18-22-11)9-5-3-2-4-6-9/h2-6,8,11H,7H2,1H3,(H,16,17,19)/t11-/m0/s1. The molecule has 1 aromatic heterocycles. The molecule has 1 N–H and O–H groups in total. The number of carbonyl (C=O) groups excluding carboxylic acids is 2. The number of rotatable bonds is 4. The molecule has 0 fully saturated rings. The molecule has 1 aromatic carbocycles. The summed E-state index contributed by atoms with van der Waals surface area (Å²) in [6, 6.07) is 9.52. The molecular weight excluding hydrogens is 318 g/mol. The number of esters is 1. The predicted octanol–water partition coefficient (Wildman–Crippen LogP) is 2.06. The van der Waals surface area contributed by atoms with Crippen LogP contribution in [0.5, 0.6) is 0 Å². The van der Waals surface area contributed by atoms with Crippen LogP contribution < -0.4 is 5.32 Å². The fourth-order valence-electron chi connectivity index (χ4n) is 2.03. The van der Waals surface area contributed by atoms with Crippen molar-refractivity contribution in [3.63, 3.8) is 0 Å². The fraction of sp³-hybridized carbons (Fsp3) is 0.200. The van der Waals surface area contributed by atoms with Crippen LogP contribution in [0.4, 0.5) is 5.13 Å². The molecule has 0 unspecified atom stereocenters. The molecule has 8 heteroatoms. The van der Waals surface area contributed by atoms with Gasteiger partial charge in [-0.3, -0.25) is 10.1 Å². The van der Waals surface area contributed by atoms with Crippen LogP contribution >= 0.6 is 11.3 Å². The molecule has 1 aliphatic heterocycles. The molecule has 0 spiro atoms. The minimum Gasteiger partial charge on any atom is -0.465 e. The van der Waals surface area contributed by atoms with Crippen LogP contribution in [-0.2, 0) is 14.4 Å². The zero-order valence-electron chi connectivity index (χ0n) is 12.2. The molecule has 2 aromatic rings. The maximum atomic E-state index is 12.2. The minimum absolute atomic E-state index is 0.312. The van der Waals surface area contributed by atoms with Crippen molar-refractivity contribution in [1.82, 2.24) is 4.98 Å². The lowest BCUT2D eigenvalue weighted by molar-refractivity contribution is -0.125. The number of ether oxygens (including phenoxy) is 1. The number of anilines is 1. The van der Waals surface area contributed by atoms with Crippen molar-refractivity contribution in [2.24, 2.45) is 5.16 Å². The number of oxime groups is 1. The Morgan fingerprint density at radius 1 is 1.35 bits per heavy atom. The van der Waals surface area contributed by atoms with Gasteiger partial charge in [0.1, 0.15) is 4.88 Å². The van der Waals surface area contributed by atoms with E-state index in [0.29, 0.717) is 16.4 Å². The lowest BCUT2D eigenvalue weighted by Gasteiger charge is -2.06. The summed E-state index contributed by atoms with van der Waals surface area (Å²) < 4.78 is 4.59. The molecule has 7 nitrogen and oxygen atoms in total. The Morgan fingerprint density at radius 2 is 2.13 bits per heavy atom. The SMILES string of the molecule is COC(=O)c1cnc(NC(=O)[C@@H]2CC(c3ccccc3)=NO2)s1. The second-order valence-corrected chi connectivity index (χ2v) is 5.74. The smallest absolute Gasteiger partial charge is 0.349 e. The van der Waals surface area contributed by atoms with Gasteiger partial charge in [-0.05, 0) is 5.56 Å². The molecule has 0 radical (unpaired) electrons. The molecule has 0 saturated carbocycles. The Labute approximate surface area is 135 Å². The summed E-state index contributed by atoms with van der Waals surface area (Å²) in [7, 11) is 1.29. The zero-order chi connectivity index (χ0) is 16.2. The number of aromatic nitrogens is 1. The molecule has 0 bridgehead atoms. The van der Waals surface area contributed by atoms with Gasteiger partial charge in [0.05, 0.1) is 19.0 Å². The highest BCUT2D eigenvalue weighted by molar-refractivity contribution is 7.17. The van der Waals surface area contributed by atoms with Crippen molar-refractivity contribution in [2.45, 2.75) is 12.5 Å². The maximum Gasteiger partial charge on any atom is 0.349 e. The average Bonchev–Trinajstić information content (AvgIpc) is 3.24. The number of thiazole rings is 1. The van der Waals surface area contributed by atoms with Gasteiger partial charge in [0, 0.05) is 6.42 Å². The Hall–Kier alpha value is -2.74. The van der Waals surface area contributed by atoms with Crippen molar-refractivity contribution in [1.29, 1.82) is 0 Å². The normalized spacial score (nSPS) is 16.4. The first-order valence-corrected chi connectivity index (χ1v) is 7.62. The van der Waals surface area contributed by atoms with Gasteiger partial charge < -0.3 is 9.57 Å². The van der Waals surface area contributed by atoms with Gasteiger partial charge in [-0.1, -0.05) is 46.8 Å². The molecule has 1 aliphatic rings. The Bertz CT molecular complexity index is 757. The fourth-order valence-corrected chi connectivity index (χ4v) is 2.77. The van der Waals surface area contributed by atoms with Crippen LogP contribution in [-0.4, -0.2) is 35.8 Å². The second kappa shape index (κ2) is 6.57. The number of methoxy groups -OCH3 is 1. The largest absolute Gasteiger partial charge is 0.465 e. The Balaban J connectivity index is 1.60. The van der Waals surface area contributed by atoms with Crippen LogP contribution in [0.25, 0.3) is 0 Å². The number of hydrogen-bond donors (Lipinski definition) is 1. The van der Waals surface area contributed by atoms with E-state index in [9.17, 15) is 9.59 Å². The molecule has 3 rings (SSSR count). The highest BCUT2D eigenvalue weighted by atomic mass is 32.1. The maximum absolute atomic E-state index is 12.2. The van der Waals surface area contributed by atoms with Gasteiger partial charge in [-0.2, -0.15) is 0 Å². The van der Waals surface area contributed by atoms with Crippen LogP contribution in [0.2, 0.25) is 0 Å². The van der Waals surface area contributed by atoms with Crippen LogP contribution in [0.1, 0.15) is 21.7 Å². The van der Waals surface area contributed by atoms with Crippen LogP contribution in [0.3, 0.4) is 0 Å². The molecule has 0 aliphatic carbocycles. The van der Waals surface area contributed by atoms with Crippen molar-refractivity contribution >= 4 is 34.1 Å². The summed E-state index contributed by atoms with van der Waals surface area (Å²) in [5.74, 6) is -0.847.